The van der Waals surface area contributed by atoms with Gasteiger partial charge in [0.15, 0.2) is 5.16 Å². The van der Waals surface area contributed by atoms with E-state index in [1.54, 1.807) is 12.3 Å². The van der Waals surface area contributed by atoms with Gasteiger partial charge in [-0.25, -0.2) is 9.37 Å². The third-order valence-electron chi connectivity index (χ3n) is 3.85. The van der Waals surface area contributed by atoms with Crippen molar-refractivity contribution in [2.24, 2.45) is 13.0 Å². The van der Waals surface area contributed by atoms with Crippen LogP contribution in [0.2, 0.25) is 0 Å². The Kier molecular flexibility index (Phi) is 6.65. The molecule has 1 atom stereocenters. The Labute approximate surface area is 150 Å². The molecule has 2 N–H and O–H groups in total. The summed E-state index contributed by atoms with van der Waals surface area (Å²) in [5.74, 6) is -0.506. The highest BCUT2D eigenvalue weighted by atomic mass is 35.5. The molecule has 1 fully saturated rings. The zero-order chi connectivity index (χ0) is 16.2. The van der Waals surface area contributed by atoms with Crippen LogP contribution in [0, 0.1) is 11.7 Å². The molecule has 0 spiro atoms. The summed E-state index contributed by atoms with van der Waals surface area (Å²) in [6.45, 7) is 1.62. The maximum atomic E-state index is 13.6. The van der Waals surface area contributed by atoms with E-state index in [0.717, 1.165) is 29.4 Å². The van der Waals surface area contributed by atoms with Crippen LogP contribution in [0.3, 0.4) is 0 Å². The molecule has 0 bridgehead atoms. The fourth-order valence-corrected chi connectivity index (χ4v) is 3.42. The first-order chi connectivity index (χ1) is 11.1. The number of imidazole rings is 1. The van der Waals surface area contributed by atoms with E-state index in [-0.39, 0.29) is 30.0 Å². The van der Waals surface area contributed by atoms with Gasteiger partial charge in [0, 0.05) is 30.9 Å². The third kappa shape index (κ3) is 4.49. The lowest BCUT2D eigenvalue weighted by atomic mass is 9.99. The quantitative estimate of drug-likeness (QED) is 0.868. The van der Waals surface area contributed by atoms with Gasteiger partial charge in [0.25, 0.3) is 0 Å². The molecule has 130 valence electrons. The van der Waals surface area contributed by atoms with Crippen molar-refractivity contribution in [3.8, 4) is 0 Å². The van der Waals surface area contributed by atoms with Gasteiger partial charge in [0.2, 0.25) is 5.91 Å². The van der Waals surface area contributed by atoms with Gasteiger partial charge in [-0.3, -0.25) is 4.79 Å². The number of carbonyl (C=O) groups is 1. The van der Waals surface area contributed by atoms with Crippen LogP contribution >= 0.6 is 24.2 Å². The van der Waals surface area contributed by atoms with Crippen molar-refractivity contribution < 1.29 is 9.18 Å². The van der Waals surface area contributed by atoms with Crippen molar-refractivity contribution in [1.82, 2.24) is 14.9 Å². The molecule has 0 aliphatic carbocycles. The summed E-state index contributed by atoms with van der Waals surface area (Å²) in [6, 6.07) is 4.42. The first-order valence-corrected chi connectivity index (χ1v) is 8.41. The van der Waals surface area contributed by atoms with Gasteiger partial charge in [0.05, 0.1) is 11.6 Å². The van der Waals surface area contributed by atoms with E-state index in [4.69, 9.17) is 0 Å². The van der Waals surface area contributed by atoms with Gasteiger partial charge in [-0.2, -0.15) is 0 Å². The number of benzene rings is 1. The lowest BCUT2D eigenvalue weighted by Crippen LogP contribution is -2.37. The molecule has 24 heavy (non-hydrogen) atoms. The van der Waals surface area contributed by atoms with Crippen LogP contribution in [0.25, 0.3) is 0 Å². The van der Waals surface area contributed by atoms with Gasteiger partial charge in [0.1, 0.15) is 5.82 Å². The number of carbonyl (C=O) groups excluding carboxylic acids is 1. The fraction of sp³-hybridized carbons (Fsp3) is 0.375. The van der Waals surface area contributed by atoms with Crippen molar-refractivity contribution >= 4 is 35.8 Å². The van der Waals surface area contributed by atoms with Crippen LogP contribution in [0.4, 0.5) is 10.1 Å². The van der Waals surface area contributed by atoms with Crippen molar-refractivity contribution in [3.05, 3.63) is 36.4 Å². The summed E-state index contributed by atoms with van der Waals surface area (Å²) in [7, 11) is 1.89. The Morgan fingerprint density at radius 2 is 2.33 bits per heavy atom. The molecule has 1 aromatic heterocycles. The molecule has 1 unspecified atom stereocenters. The number of hydrogen-bond donors (Lipinski definition) is 2. The Morgan fingerprint density at radius 3 is 3.00 bits per heavy atom. The molecular weight excluding hydrogens is 351 g/mol. The third-order valence-corrected chi connectivity index (χ3v) is 5.00. The minimum Gasteiger partial charge on any atom is -0.329 e. The number of rotatable bonds is 4. The molecular formula is C16H20ClFN4OS. The molecule has 2 heterocycles. The number of nitrogens with one attached hydrogen (secondary N) is 2. The zero-order valence-electron chi connectivity index (χ0n) is 13.3. The first-order valence-electron chi connectivity index (χ1n) is 7.60. The predicted octanol–water partition coefficient (Wildman–Crippen LogP) is 3.07. The van der Waals surface area contributed by atoms with E-state index in [2.05, 4.69) is 15.6 Å². The van der Waals surface area contributed by atoms with Crippen LogP contribution < -0.4 is 10.6 Å². The standard InChI is InChI=1S/C16H19FN4OS.ClH/c1-21-8-7-19-16(21)23-14-5-4-12(17)9-13(14)20-15(22)11-3-2-6-18-10-11;/h4-5,7-9,11,18H,2-3,6,10H2,1H3,(H,20,22);1H. The monoisotopic (exact) mass is 370 g/mol. The van der Waals surface area contributed by atoms with E-state index < -0.39 is 0 Å². The molecule has 2 aromatic rings. The van der Waals surface area contributed by atoms with Crippen LogP contribution in [0.5, 0.6) is 0 Å². The van der Waals surface area contributed by atoms with Crippen LogP contribution in [0.15, 0.2) is 40.6 Å². The van der Waals surface area contributed by atoms with Crippen LogP contribution in [0.1, 0.15) is 12.8 Å². The van der Waals surface area contributed by atoms with Gasteiger partial charge < -0.3 is 15.2 Å². The number of nitrogens with zero attached hydrogens (tertiary/aromatic N) is 2. The van der Waals surface area contributed by atoms with E-state index in [0.29, 0.717) is 12.2 Å². The zero-order valence-corrected chi connectivity index (χ0v) is 14.9. The maximum absolute atomic E-state index is 13.6. The van der Waals surface area contributed by atoms with E-state index in [9.17, 15) is 9.18 Å². The average Bonchev–Trinajstić information content (AvgIpc) is 2.96. The number of piperidine rings is 1. The number of halogens is 2. The Hall–Kier alpha value is -1.57. The second kappa shape index (κ2) is 8.50. The summed E-state index contributed by atoms with van der Waals surface area (Å²) >= 11 is 1.40. The highest BCUT2D eigenvalue weighted by Gasteiger charge is 2.22. The second-order valence-electron chi connectivity index (χ2n) is 5.60. The predicted molar refractivity (Wildman–Crippen MR) is 95.2 cm³/mol. The van der Waals surface area contributed by atoms with Crippen LogP contribution in [-0.4, -0.2) is 28.5 Å². The summed E-state index contributed by atoms with van der Waals surface area (Å²) in [4.78, 5) is 17.4. The maximum Gasteiger partial charge on any atom is 0.228 e. The van der Waals surface area contributed by atoms with E-state index >= 15 is 0 Å². The number of aromatic nitrogens is 2. The minimum absolute atomic E-state index is 0. The first kappa shape index (κ1) is 18.8. The fourth-order valence-electron chi connectivity index (χ4n) is 2.55. The molecule has 1 aliphatic rings. The molecule has 1 aromatic carbocycles. The highest BCUT2D eigenvalue weighted by molar-refractivity contribution is 7.99. The van der Waals surface area contributed by atoms with Gasteiger partial charge in [-0.05, 0) is 49.3 Å². The average molecular weight is 371 g/mol. The highest BCUT2D eigenvalue weighted by Crippen LogP contribution is 2.33. The molecule has 1 saturated heterocycles. The largest absolute Gasteiger partial charge is 0.329 e. The van der Waals surface area contributed by atoms with Gasteiger partial charge in [-0.1, -0.05) is 0 Å². The smallest absolute Gasteiger partial charge is 0.228 e. The van der Waals surface area contributed by atoms with Crippen molar-refractivity contribution in [3.63, 3.8) is 0 Å². The normalized spacial score (nSPS) is 17.2. The number of amides is 1. The minimum atomic E-state index is -0.369. The van der Waals surface area contributed by atoms with Gasteiger partial charge >= 0.3 is 0 Å². The molecule has 0 saturated carbocycles. The molecule has 3 rings (SSSR count). The van der Waals surface area contributed by atoms with Crippen molar-refractivity contribution in [2.45, 2.75) is 22.9 Å². The van der Waals surface area contributed by atoms with Crippen molar-refractivity contribution in [2.75, 3.05) is 18.4 Å². The second-order valence-corrected chi connectivity index (χ2v) is 6.60. The van der Waals surface area contributed by atoms with E-state index in [1.165, 1.54) is 23.9 Å². The molecule has 0 radical (unpaired) electrons. The summed E-state index contributed by atoms with van der Waals surface area (Å²) < 4.78 is 15.5. The number of hydrogen-bond acceptors (Lipinski definition) is 4. The lowest BCUT2D eigenvalue weighted by molar-refractivity contribution is -0.120. The molecule has 8 heteroatoms. The van der Waals surface area contributed by atoms with Crippen LogP contribution in [-0.2, 0) is 11.8 Å². The summed E-state index contributed by atoms with van der Waals surface area (Å²) in [5.41, 5.74) is 0.494. The van der Waals surface area contributed by atoms with E-state index in [1.807, 2.05) is 17.8 Å². The molecule has 5 nitrogen and oxygen atoms in total. The molecule has 1 amide bonds. The molecule has 1 aliphatic heterocycles. The van der Waals surface area contributed by atoms with Gasteiger partial charge in [-0.15, -0.1) is 12.4 Å². The summed E-state index contributed by atoms with van der Waals surface area (Å²) in [6.07, 6.45) is 5.39. The topological polar surface area (TPSA) is 59.0 Å². The Morgan fingerprint density at radius 1 is 1.50 bits per heavy atom. The lowest BCUT2D eigenvalue weighted by Gasteiger charge is -2.22. The Bertz CT molecular complexity index is 703. The number of aryl methyl sites for hydroxylation is 1. The summed E-state index contributed by atoms with van der Waals surface area (Å²) in [5, 5.41) is 6.88. The Balaban J connectivity index is 0.00000208. The van der Waals surface area contributed by atoms with Crippen molar-refractivity contribution in [1.29, 1.82) is 0 Å². The number of anilines is 1. The SMILES string of the molecule is Cl.Cn1ccnc1Sc1ccc(F)cc1NC(=O)C1CCCNC1.